The van der Waals surface area contributed by atoms with Crippen LogP contribution in [0.3, 0.4) is 0 Å². The second kappa shape index (κ2) is 7.10. The van der Waals surface area contributed by atoms with Crippen molar-refractivity contribution in [1.29, 1.82) is 0 Å². The number of nitrogens with zero attached hydrogens (tertiary/aromatic N) is 2. The molecule has 0 radical (unpaired) electrons. The maximum absolute atomic E-state index is 12.8. The molecule has 1 N–H and O–H groups in total. The van der Waals surface area contributed by atoms with Gasteiger partial charge in [-0.2, -0.15) is 0 Å². The number of Topliss-reactive ketones (excluding diaryl/α,β-unsaturated/α-hetero) is 1. The van der Waals surface area contributed by atoms with Crippen molar-refractivity contribution in [2.45, 2.75) is 11.8 Å². The zero-order chi connectivity index (χ0) is 16.1. The fraction of sp³-hybridized carbons (Fsp3) is 0.133. The molecule has 6 nitrogen and oxygen atoms in total. The van der Waals surface area contributed by atoms with E-state index in [9.17, 15) is 9.18 Å². The number of halogens is 1. The molecule has 118 valence electrons. The molecule has 0 amide bonds. The van der Waals surface area contributed by atoms with Gasteiger partial charge in [0, 0.05) is 6.20 Å². The van der Waals surface area contributed by atoms with Crippen molar-refractivity contribution >= 4 is 17.5 Å². The van der Waals surface area contributed by atoms with E-state index in [-0.39, 0.29) is 29.9 Å². The van der Waals surface area contributed by atoms with E-state index >= 15 is 0 Å². The number of hydrogen-bond acceptors (Lipinski definition) is 6. The zero-order valence-corrected chi connectivity index (χ0v) is 12.7. The monoisotopic (exact) mass is 333 g/mol. The van der Waals surface area contributed by atoms with Crippen LogP contribution in [-0.4, -0.2) is 26.7 Å². The molecule has 2 aromatic heterocycles. The predicted octanol–water partition coefficient (Wildman–Crippen LogP) is 3.09. The largest absolute Gasteiger partial charge is 0.484 e. The Morgan fingerprint density at radius 2 is 2.09 bits per heavy atom. The number of nitrogens with one attached hydrogen (secondary N) is 1. The highest BCUT2D eigenvalue weighted by Crippen LogP contribution is 2.19. The van der Waals surface area contributed by atoms with Crippen LogP contribution in [-0.2, 0) is 6.61 Å². The molecule has 2 heterocycles. The van der Waals surface area contributed by atoms with Crippen LogP contribution in [0, 0.1) is 5.82 Å². The van der Waals surface area contributed by atoms with E-state index in [1.165, 1.54) is 24.3 Å². The highest BCUT2D eigenvalue weighted by molar-refractivity contribution is 7.99. The maximum Gasteiger partial charge on any atom is 0.277 e. The summed E-state index contributed by atoms with van der Waals surface area (Å²) in [5.74, 6) is 0.591. The van der Waals surface area contributed by atoms with Crippen molar-refractivity contribution in [1.82, 2.24) is 15.2 Å². The highest BCUT2D eigenvalue weighted by Gasteiger charge is 2.12. The lowest BCUT2D eigenvalue weighted by atomic mass is 10.3. The smallest absolute Gasteiger partial charge is 0.277 e. The molecule has 0 saturated carbocycles. The molecule has 0 spiro atoms. The number of ether oxygens (including phenoxy) is 1. The Morgan fingerprint density at radius 3 is 2.83 bits per heavy atom. The quantitative estimate of drug-likeness (QED) is 0.528. The third-order valence-electron chi connectivity index (χ3n) is 2.85. The lowest BCUT2D eigenvalue weighted by molar-refractivity contribution is 0.101. The molecule has 0 saturated heterocycles. The molecule has 0 atom stereocenters. The van der Waals surface area contributed by atoms with E-state index in [1.54, 1.807) is 18.3 Å². The van der Waals surface area contributed by atoms with Gasteiger partial charge in [0.25, 0.3) is 11.1 Å². The molecular weight excluding hydrogens is 321 g/mol. The van der Waals surface area contributed by atoms with E-state index in [0.717, 1.165) is 11.8 Å². The molecule has 0 bridgehead atoms. The first-order valence-corrected chi connectivity index (χ1v) is 7.69. The number of H-pyrrole nitrogens is 1. The average molecular weight is 333 g/mol. The number of benzene rings is 1. The molecule has 8 heteroatoms. The second-order valence-electron chi connectivity index (χ2n) is 4.50. The molecule has 0 aliphatic carbocycles. The van der Waals surface area contributed by atoms with Gasteiger partial charge >= 0.3 is 0 Å². The van der Waals surface area contributed by atoms with Crippen LogP contribution in [0.1, 0.15) is 16.4 Å². The first-order chi connectivity index (χ1) is 11.2. The summed E-state index contributed by atoms with van der Waals surface area (Å²) in [6.07, 6.45) is 1.69. The van der Waals surface area contributed by atoms with E-state index < -0.39 is 0 Å². The van der Waals surface area contributed by atoms with Gasteiger partial charge < -0.3 is 14.1 Å². The van der Waals surface area contributed by atoms with Crippen molar-refractivity contribution < 1.29 is 18.3 Å². The number of carbonyl (C=O) groups excluding carboxylic acids is 1. The van der Waals surface area contributed by atoms with Gasteiger partial charge in [0.05, 0.1) is 11.4 Å². The van der Waals surface area contributed by atoms with E-state index in [0.29, 0.717) is 16.7 Å². The first kappa shape index (κ1) is 15.3. The predicted molar refractivity (Wildman–Crippen MR) is 80.9 cm³/mol. The van der Waals surface area contributed by atoms with Gasteiger partial charge in [-0.15, -0.1) is 10.2 Å². The van der Waals surface area contributed by atoms with E-state index in [4.69, 9.17) is 9.15 Å². The SMILES string of the molecule is O=C(CSc1nnc(COc2ccc(F)cc2)o1)c1ccc[nH]1. The van der Waals surface area contributed by atoms with Gasteiger partial charge in [0.1, 0.15) is 11.6 Å². The van der Waals surface area contributed by atoms with Gasteiger partial charge in [0.2, 0.25) is 0 Å². The number of carbonyl (C=O) groups is 1. The molecule has 0 aliphatic rings. The van der Waals surface area contributed by atoms with Crippen LogP contribution in [0.25, 0.3) is 0 Å². The van der Waals surface area contributed by atoms with Crippen LogP contribution >= 0.6 is 11.8 Å². The Kier molecular flexibility index (Phi) is 4.72. The minimum Gasteiger partial charge on any atom is -0.484 e. The van der Waals surface area contributed by atoms with Crippen molar-refractivity contribution in [3.8, 4) is 5.75 Å². The second-order valence-corrected chi connectivity index (χ2v) is 5.43. The van der Waals surface area contributed by atoms with Crippen molar-refractivity contribution in [2.75, 3.05) is 5.75 Å². The zero-order valence-electron chi connectivity index (χ0n) is 11.9. The summed E-state index contributed by atoms with van der Waals surface area (Å²) >= 11 is 1.16. The molecular formula is C15H12FN3O3S. The minimum atomic E-state index is -0.333. The van der Waals surface area contributed by atoms with Gasteiger partial charge in [-0.1, -0.05) is 11.8 Å². The van der Waals surface area contributed by atoms with Crippen molar-refractivity contribution in [2.24, 2.45) is 0 Å². The summed E-state index contributed by atoms with van der Waals surface area (Å²) < 4.78 is 23.6. The van der Waals surface area contributed by atoms with Gasteiger partial charge in [-0.25, -0.2) is 4.39 Å². The Morgan fingerprint density at radius 1 is 1.26 bits per heavy atom. The summed E-state index contributed by atoms with van der Waals surface area (Å²) in [6.45, 7) is 0.0732. The summed E-state index contributed by atoms with van der Waals surface area (Å²) in [7, 11) is 0. The van der Waals surface area contributed by atoms with Crippen LogP contribution in [0.4, 0.5) is 4.39 Å². The normalized spacial score (nSPS) is 10.7. The van der Waals surface area contributed by atoms with Gasteiger partial charge in [-0.3, -0.25) is 4.79 Å². The van der Waals surface area contributed by atoms with Crippen molar-refractivity contribution in [3.63, 3.8) is 0 Å². The lowest BCUT2D eigenvalue weighted by Crippen LogP contribution is -2.02. The standard InChI is InChI=1S/C15H12FN3O3S/c16-10-3-5-11(6-4-10)21-8-14-18-19-15(22-14)23-9-13(20)12-2-1-7-17-12/h1-7,17H,8-9H2. The summed E-state index contributed by atoms with van der Waals surface area (Å²) in [5.41, 5.74) is 0.539. The Bertz CT molecular complexity index is 772. The van der Waals surface area contributed by atoms with Crippen LogP contribution < -0.4 is 4.74 Å². The molecule has 0 unspecified atom stereocenters. The van der Waals surface area contributed by atoms with Crippen LogP contribution in [0.2, 0.25) is 0 Å². The van der Waals surface area contributed by atoms with Crippen molar-refractivity contribution in [3.05, 3.63) is 60.0 Å². The minimum absolute atomic E-state index is 0.0534. The molecule has 0 fully saturated rings. The first-order valence-electron chi connectivity index (χ1n) is 6.71. The maximum atomic E-state index is 12.8. The van der Waals surface area contributed by atoms with E-state index in [1.807, 2.05) is 0 Å². The average Bonchev–Trinajstić information content (AvgIpc) is 3.24. The number of aromatic nitrogens is 3. The molecule has 3 rings (SSSR count). The number of thioether (sulfide) groups is 1. The molecule has 23 heavy (non-hydrogen) atoms. The topological polar surface area (TPSA) is 81.0 Å². The molecule has 3 aromatic rings. The fourth-order valence-corrected chi connectivity index (χ4v) is 2.40. The number of hydrogen-bond donors (Lipinski definition) is 1. The molecule has 0 aliphatic heterocycles. The third-order valence-corrected chi connectivity index (χ3v) is 3.67. The Hall–Kier alpha value is -2.61. The Balaban J connectivity index is 1.50. The number of rotatable bonds is 7. The third kappa shape index (κ3) is 4.19. The summed E-state index contributed by atoms with van der Waals surface area (Å²) in [4.78, 5) is 14.7. The van der Waals surface area contributed by atoms with Crippen LogP contribution in [0.5, 0.6) is 5.75 Å². The summed E-state index contributed by atoms with van der Waals surface area (Å²) in [6, 6.07) is 9.09. The number of aromatic amines is 1. The highest BCUT2D eigenvalue weighted by atomic mass is 32.2. The Labute approximate surface area is 135 Å². The van der Waals surface area contributed by atoms with Crippen LogP contribution in [0.15, 0.2) is 52.2 Å². The lowest BCUT2D eigenvalue weighted by Gasteiger charge is -2.02. The summed E-state index contributed by atoms with van der Waals surface area (Å²) in [5, 5.41) is 7.97. The van der Waals surface area contributed by atoms with Gasteiger partial charge in [-0.05, 0) is 36.4 Å². The fourth-order valence-electron chi connectivity index (χ4n) is 1.74. The van der Waals surface area contributed by atoms with E-state index in [2.05, 4.69) is 15.2 Å². The van der Waals surface area contributed by atoms with Gasteiger partial charge in [0.15, 0.2) is 12.4 Å². The molecule has 1 aromatic carbocycles. The number of ketones is 1.